The molecule has 0 radical (unpaired) electrons. The maximum atomic E-state index is 12.8. The standard InChI is InChI=1S/C30H36N4O4S/c1-5-27(35)32-17-16-31-20-22-10-8-21(9-11-22)12-15-28(36)33-25-19-23(26-7-6-18-39-26)13-14-24(25)34-29(37)38-30(2,3)4/h6-15,18-19,31H,5,16-17,20H2,1-4H3,(H,32,35)(H,33,36)(H,34,37). The second-order valence-electron chi connectivity index (χ2n) is 9.81. The Labute approximate surface area is 233 Å². The van der Waals surface area contributed by atoms with E-state index in [0.29, 0.717) is 37.4 Å². The summed E-state index contributed by atoms with van der Waals surface area (Å²) in [5.74, 6) is -0.284. The molecule has 3 aromatic rings. The van der Waals surface area contributed by atoms with Crippen LogP contribution >= 0.6 is 11.3 Å². The first-order valence-corrected chi connectivity index (χ1v) is 13.7. The molecule has 0 saturated heterocycles. The molecule has 3 rings (SSSR count). The van der Waals surface area contributed by atoms with Crippen LogP contribution in [0.25, 0.3) is 16.5 Å². The summed E-state index contributed by atoms with van der Waals surface area (Å²) in [5, 5.41) is 13.7. The van der Waals surface area contributed by atoms with Crippen LogP contribution in [0.5, 0.6) is 0 Å². The third-order valence-electron chi connectivity index (χ3n) is 5.40. The van der Waals surface area contributed by atoms with Crippen molar-refractivity contribution >= 4 is 46.7 Å². The largest absolute Gasteiger partial charge is 0.444 e. The summed E-state index contributed by atoms with van der Waals surface area (Å²) < 4.78 is 5.37. The fourth-order valence-corrected chi connectivity index (χ4v) is 4.23. The van der Waals surface area contributed by atoms with Crippen molar-refractivity contribution in [2.75, 3.05) is 23.7 Å². The molecule has 0 saturated carbocycles. The van der Waals surface area contributed by atoms with Crippen molar-refractivity contribution in [3.63, 3.8) is 0 Å². The number of rotatable bonds is 11. The van der Waals surface area contributed by atoms with Gasteiger partial charge in [0, 0.05) is 37.0 Å². The second kappa shape index (κ2) is 14.3. The SMILES string of the molecule is CCC(=O)NCCNCc1ccc(C=CC(=O)Nc2cc(-c3cccs3)ccc2NC(=O)OC(C)(C)C)cc1. The van der Waals surface area contributed by atoms with E-state index in [4.69, 9.17) is 4.74 Å². The number of anilines is 2. The summed E-state index contributed by atoms with van der Waals surface area (Å²) in [5.41, 5.74) is 3.17. The first-order valence-electron chi connectivity index (χ1n) is 12.9. The van der Waals surface area contributed by atoms with E-state index in [1.165, 1.54) is 6.08 Å². The summed E-state index contributed by atoms with van der Waals surface area (Å²) in [4.78, 5) is 37.5. The van der Waals surface area contributed by atoms with Gasteiger partial charge < -0.3 is 20.7 Å². The minimum atomic E-state index is -0.648. The molecular formula is C30H36N4O4S. The quantitative estimate of drug-likeness (QED) is 0.173. The third-order valence-corrected chi connectivity index (χ3v) is 6.32. The van der Waals surface area contributed by atoms with Crippen molar-refractivity contribution in [1.29, 1.82) is 0 Å². The molecule has 0 unspecified atom stereocenters. The molecular weight excluding hydrogens is 512 g/mol. The first kappa shape index (κ1) is 29.6. The molecule has 1 aromatic heterocycles. The van der Waals surface area contributed by atoms with Gasteiger partial charge in [0.1, 0.15) is 5.60 Å². The zero-order chi connectivity index (χ0) is 28.3. The number of benzene rings is 2. The summed E-state index contributed by atoms with van der Waals surface area (Å²) in [6.45, 7) is 9.16. The third kappa shape index (κ3) is 10.4. The van der Waals surface area contributed by atoms with Crippen molar-refractivity contribution in [2.24, 2.45) is 0 Å². The van der Waals surface area contributed by atoms with Gasteiger partial charge in [-0.15, -0.1) is 11.3 Å². The van der Waals surface area contributed by atoms with Crippen LogP contribution in [0.1, 0.15) is 45.2 Å². The number of thiophene rings is 1. The van der Waals surface area contributed by atoms with Gasteiger partial charge in [0.15, 0.2) is 0 Å². The van der Waals surface area contributed by atoms with Gasteiger partial charge in [-0.2, -0.15) is 0 Å². The smallest absolute Gasteiger partial charge is 0.412 e. The van der Waals surface area contributed by atoms with Crippen LogP contribution in [0.3, 0.4) is 0 Å². The molecule has 0 spiro atoms. The van der Waals surface area contributed by atoms with Crippen LogP contribution in [0.15, 0.2) is 66.1 Å². The van der Waals surface area contributed by atoms with Crippen molar-refractivity contribution < 1.29 is 19.1 Å². The average molecular weight is 549 g/mol. The highest BCUT2D eigenvalue weighted by Gasteiger charge is 2.18. The maximum Gasteiger partial charge on any atom is 0.412 e. The summed E-state index contributed by atoms with van der Waals surface area (Å²) in [6.07, 6.45) is 3.08. The maximum absolute atomic E-state index is 12.8. The molecule has 4 N–H and O–H groups in total. The van der Waals surface area contributed by atoms with Gasteiger partial charge in [-0.25, -0.2) is 4.79 Å². The van der Waals surface area contributed by atoms with E-state index in [0.717, 1.165) is 21.6 Å². The van der Waals surface area contributed by atoms with Crippen LogP contribution < -0.4 is 21.3 Å². The monoisotopic (exact) mass is 548 g/mol. The fourth-order valence-electron chi connectivity index (χ4n) is 3.51. The van der Waals surface area contributed by atoms with Gasteiger partial charge in [0.25, 0.3) is 0 Å². The lowest BCUT2D eigenvalue weighted by atomic mass is 10.1. The van der Waals surface area contributed by atoms with Gasteiger partial charge in [-0.3, -0.25) is 14.9 Å². The summed E-state index contributed by atoms with van der Waals surface area (Å²) in [7, 11) is 0. The van der Waals surface area contributed by atoms with Gasteiger partial charge in [-0.1, -0.05) is 43.3 Å². The second-order valence-corrected chi connectivity index (χ2v) is 10.8. The normalized spacial score (nSPS) is 11.3. The minimum absolute atomic E-state index is 0.0442. The van der Waals surface area contributed by atoms with Crippen molar-refractivity contribution in [1.82, 2.24) is 10.6 Å². The Morgan fingerprint density at radius 1 is 0.949 bits per heavy atom. The van der Waals surface area contributed by atoms with Crippen LogP contribution in [0.2, 0.25) is 0 Å². The predicted molar refractivity (Wildman–Crippen MR) is 159 cm³/mol. The number of amides is 3. The van der Waals surface area contributed by atoms with Gasteiger partial charge in [0.05, 0.1) is 11.4 Å². The fraction of sp³-hybridized carbons (Fsp3) is 0.300. The molecule has 3 amide bonds. The number of hydrogen-bond acceptors (Lipinski definition) is 6. The molecule has 1 heterocycles. The van der Waals surface area contributed by atoms with Gasteiger partial charge in [-0.05, 0) is 67.1 Å². The minimum Gasteiger partial charge on any atom is -0.444 e. The lowest BCUT2D eigenvalue weighted by molar-refractivity contribution is -0.120. The van der Waals surface area contributed by atoms with Crippen molar-refractivity contribution in [3.05, 3.63) is 77.2 Å². The Hall–Kier alpha value is -3.95. The van der Waals surface area contributed by atoms with Crippen LogP contribution in [-0.2, 0) is 20.9 Å². The molecule has 0 aliphatic heterocycles. The lowest BCUT2D eigenvalue weighted by Gasteiger charge is -2.20. The molecule has 8 nitrogen and oxygen atoms in total. The van der Waals surface area contributed by atoms with Crippen LogP contribution in [0, 0.1) is 0 Å². The van der Waals surface area contributed by atoms with E-state index >= 15 is 0 Å². The van der Waals surface area contributed by atoms with Gasteiger partial charge in [0.2, 0.25) is 11.8 Å². The molecule has 0 bridgehead atoms. The van der Waals surface area contributed by atoms with Gasteiger partial charge >= 0.3 is 6.09 Å². The van der Waals surface area contributed by atoms with Crippen molar-refractivity contribution in [2.45, 2.75) is 46.3 Å². The molecule has 206 valence electrons. The Kier molecular flexibility index (Phi) is 10.8. The Balaban J connectivity index is 1.62. The number of ether oxygens (including phenoxy) is 1. The zero-order valence-electron chi connectivity index (χ0n) is 22.8. The lowest BCUT2D eigenvalue weighted by Crippen LogP contribution is -2.31. The molecule has 39 heavy (non-hydrogen) atoms. The zero-order valence-corrected chi connectivity index (χ0v) is 23.6. The Morgan fingerprint density at radius 2 is 1.72 bits per heavy atom. The Bertz CT molecular complexity index is 1280. The number of carbonyl (C=O) groups excluding carboxylic acids is 3. The van der Waals surface area contributed by atoms with Crippen LogP contribution in [0.4, 0.5) is 16.2 Å². The highest BCUT2D eigenvalue weighted by atomic mass is 32.1. The average Bonchev–Trinajstić information content (AvgIpc) is 3.43. The van der Waals surface area contributed by atoms with E-state index in [2.05, 4.69) is 21.3 Å². The highest BCUT2D eigenvalue weighted by molar-refractivity contribution is 7.13. The van der Waals surface area contributed by atoms with Crippen molar-refractivity contribution in [3.8, 4) is 10.4 Å². The topological polar surface area (TPSA) is 109 Å². The first-order chi connectivity index (χ1) is 18.6. The summed E-state index contributed by atoms with van der Waals surface area (Å²) >= 11 is 1.59. The van der Waals surface area contributed by atoms with Crippen LogP contribution in [-0.4, -0.2) is 36.6 Å². The van der Waals surface area contributed by atoms with E-state index in [1.807, 2.05) is 60.8 Å². The number of nitrogens with one attached hydrogen (secondary N) is 4. The summed E-state index contributed by atoms with van der Waals surface area (Å²) in [6, 6.07) is 17.3. The molecule has 0 fully saturated rings. The highest BCUT2D eigenvalue weighted by Crippen LogP contribution is 2.32. The van der Waals surface area contributed by atoms with E-state index in [-0.39, 0.29) is 11.8 Å². The Morgan fingerprint density at radius 3 is 2.38 bits per heavy atom. The molecule has 2 aromatic carbocycles. The number of carbonyl (C=O) groups is 3. The molecule has 9 heteroatoms. The van der Waals surface area contributed by atoms with E-state index in [1.54, 1.807) is 44.3 Å². The van der Waals surface area contributed by atoms with E-state index < -0.39 is 11.7 Å². The molecule has 0 aliphatic carbocycles. The predicted octanol–water partition coefficient (Wildman–Crippen LogP) is 6.03. The number of hydrogen-bond donors (Lipinski definition) is 4. The van der Waals surface area contributed by atoms with E-state index in [9.17, 15) is 14.4 Å². The molecule has 0 aliphatic rings. The molecule has 0 atom stereocenters.